The van der Waals surface area contributed by atoms with E-state index in [0.717, 1.165) is 4.90 Å². The second kappa shape index (κ2) is 7.51. The van der Waals surface area contributed by atoms with Crippen molar-refractivity contribution < 1.29 is 19.1 Å². The molecule has 3 amide bonds. The van der Waals surface area contributed by atoms with Crippen molar-refractivity contribution in [3.05, 3.63) is 53.6 Å². The lowest BCUT2D eigenvalue weighted by molar-refractivity contribution is -0.123. The third kappa shape index (κ3) is 3.40. The molecule has 1 fully saturated rings. The van der Waals surface area contributed by atoms with Crippen LogP contribution in [0.2, 0.25) is 5.02 Å². The number of rotatable bonds is 5. The Kier molecular flexibility index (Phi) is 4.89. The fourth-order valence-electron chi connectivity index (χ4n) is 3.27. The summed E-state index contributed by atoms with van der Waals surface area (Å²) in [7, 11) is 1.47. The molecule has 2 atom stereocenters. The van der Waals surface area contributed by atoms with Crippen molar-refractivity contribution in [1.82, 2.24) is 5.01 Å². The molecule has 1 saturated heterocycles. The molecule has 0 radical (unpaired) electrons. The maximum Gasteiger partial charge on any atom is 0.263 e. The Hall–Kier alpha value is -3.46. The molecule has 0 unspecified atom stereocenters. The molecule has 29 heavy (non-hydrogen) atoms. The van der Waals surface area contributed by atoms with E-state index < -0.39 is 23.9 Å². The summed E-state index contributed by atoms with van der Waals surface area (Å²) in [5, 5.41) is 12.0. The fraction of sp³-hybridized carbons (Fsp3) is 0.211. The number of anilines is 2. The number of hydrogen-bond acceptors (Lipinski definition) is 7. The van der Waals surface area contributed by atoms with Crippen LogP contribution in [0.3, 0.4) is 0 Å². The van der Waals surface area contributed by atoms with Crippen molar-refractivity contribution in [3.8, 4) is 5.75 Å². The normalized spacial score (nSPS) is 20.2. The van der Waals surface area contributed by atoms with Crippen LogP contribution in [0.5, 0.6) is 5.75 Å². The Bertz CT molecular complexity index is 1010. The highest BCUT2D eigenvalue weighted by Crippen LogP contribution is 2.35. The maximum absolute atomic E-state index is 13.0. The van der Waals surface area contributed by atoms with Crippen LogP contribution in [0.4, 0.5) is 11.4 Å². The van der Waals surface area contributed by atoms with Crippen LogP contribution in [0.25, 0.3) is 0 Å². The minimum absolute atomic E-state index is 0.213. The number of benzene rings is 2. The van der Waals surface area contributed by atoms with Crippen LogP contribution in [0.1, 0.15) is 0 Å². The number of fused-ring (bicyclic) bond motifs is 1. The van der Waals surface area contributed by atoms with Gasteiger partial charge in [0.2, 0.25) is 5.91 Å². The largest absolute Gasteiger partial charge is 0.495 e. The predicted octanol–water partition coefficient (Wildman–Crippen LogP) is 2.28. The van der Waals surface area contributed by atoms with Crippen molar-refractivity contribution in [2.24, 2.45) is 10.3 Å². The van der Waals surface area contributed by atoms with E-state index in [4.69, 9.17) is 16.3 Å². The van der Waals surface area contributed by atoms with E-state index in [1.54, 1.807) is 36.4 Å². The molecule has 2 aliphatic heterocycles. The van der Waals surface area contributed by atoms with Gasteiger partial charge in [-0.1, -0.05) is 35.0 Å². The first kappa shape index (κ1) is 18.9. The highest BCUT2D eigenvalue weighted by molar-refractivity contribution is 6.33. The van der Waals surface area contributed by atoms with Gasteiger partial charge in [-0.3, -0.25) is 19.4 Å². The van der Waals surface area contributed by atoms with Gasteiger partial charge in [0.1, 0.15) is 12.3 Å². The molecule has 0 aliphatic carbocycles. The van der Waals surface area contributed by atoms with Gasteiger partial charge in [-0.05, 0) is 30.3 Å². The number of carbonyl (C=O) groups excluding carboxylic acids is 3. The van der Waals surface area contributed by atoms with E-state index in [2.05, 4.69) is 15.7 Å². The summed E-state index contributed by atoms with van der Waals surface area (Å²) in [6, 6.07) is 11.5. The molecule has 0 bridgehead atoms. The van der Waals surface area contributed by atoms with Gasteiger partial charge < -0.3 is 10.1 Å². The SMILES string of the molecule is COc1ccc(N2C(=O)[C@@H]3N=NN(CC(=O)Nc4ccccc4)[C@H]3C2=O)cc1Cl. The number of imide groups is 1. The summed E-state index contributed by atoms with van der Waals surface area (Å²) in [6.07, 6.45) is 0. The molecule has 9 nitrogen and oxygen atoms in total. The van der Waals surface area contributed by atoms with Crippen molar-refractivity contribution in [2.45, 2.75) is 12.1 Å². The van der Waals surface area contributed by atoms with E-state index in [0.29, 0.717) is 17.1 Å². The molecule has 2 aromatic carbocycles. The Labute approximate surface area is 170 Å². The molecule has 2 aliphatic rings. The van der Waals surface area contributed by atoms with E-state index in [1.165, 1.54) is 18.2 Å². The first-order valence-electron chi connectivity index (χ1n) is 8.73. The Morgan fingerprint density at radius 2 is 1.93 bits per heavy atom. The first-order valence-corrected chi connectivity index (χ1v) is 9.11. The molecule has 2 aromatic rings. The number of ether oxygens (including phenoxy) is 1. The first-order chi connectivity index (χ1) is 14.0. The van der Waals surface area contributed by atoms with Crippen LogP contribution in [-0.2, 0) is 14.4 Å². The monoisotopic (exact) mass is 413 g/mol. The van der Waals surface area contributed by atoms with Crippen molar-refractivity contribution in [2.75, 3.05) is 23.9 Å². The van der Waals surface area contributed by atoms with Crippen LogP contribution >= 0.6 is 11.6 Å². The third-order valence-corrected chi connectivity index (χ3v) is 4.91. The molecular formula is C19H16ClN5O4. The molecule has 0 saturated carbocycles. The van der Waals surface area contributed by atoms with Gasteiger partial charge in [-0.25, -0.2) is 4.90 Å². The van der Waals surface area contributed by atoms with E-state index >= 15 is 0 Å². The lowest BCUT2D eigenvalue weighted by Crippen LogP contribution is -2.43. The zero-order chi connectivity index (χ0) is 20.5. The molecule has 2 heterocycles. The summed E-state index contributed by atoms with van der Waals surface area (Å²) < 4.78 is 5.09. The number of methoxy groups -OCH3 is 1. The topological polar surface area (TPSA) is 104 Å². The van der Waals surface area contributed by atoms with Crippen molar-refractivity contribution >= 4 is 40.7 Å². The lowest BCUT2D eigenvalue weighted by atomic mass is 10.1. The fourth-order valence-corrected chi connectivity index (χ4v) is 3.52. The predicted molar refractivity (Wildman–Crippen MR) is 105 cm³/mol. The van der Waals surface area contributed by atoms with Gasteiger partial charge in [0, 0.05) is 5.69 Å². The second-order valence-electron chi connectivity index (χ2n) is 6.44. The van der Waals surface area contributed by atoms with E-state index in [1.807, 2.05) is 6.07 Å². The highest BCUT2D eigenvalue weighted by atomic mass is 35.5. The lowest BCUT2D eigenvalue weighted by Gasteiger charge is -2.20. The third-order valence-electron chi connectivity index (χ3n) is 4.61. The highest BCUT2D eigenvalue weighted by Gasteiger charge is 2.55. The smallest absolute Gasteiger partial charge is 0.263 e. The molecular weight excluding hydrogens is 398 g/mol. The van der Waals surface area contributed by atoms with Crippen LogP contribution in [-0.4, -0.2) is 48.5 Å². The van der Waals surface area contributed by atoms with Gasteiger partial charge >= 0.3 is 0 Å². The number of halogens is 1. The zero-order valence-corrected chi connectivity index (χ0v) is 16.0. The average molecular weight is 414 g/mol. The van der Waals surface area contributed by atoms with Crippen molar-refractivity contribution in [3.63, 3.8) is 0 Å². The van der Waals surface area contributed by atoms with Gasteiger partial charge in [-0.15, -0.1) is 0 Å². The maximum atomic E-state index is 13.0. The summed E-state index contributed by atoms with van der Waals surface area (Å²) >= 11 is 6.12. The van der Waals surface area contributed by atoms with Gasteiger partial charge in [0.25, 0.3) is 11.8 Å². The molecule has 0 spiro atoms. The second-order valence-corrected chi connectivity index (χ2v) is 6.84. The minimum Gasteiger partial charge on any atom is -0.495 e. The van der Waals surface area contributed by atoms with Gasteiger partial charge in [0.05, 0.1) is 17.8 Å². The quantitative estimate of drug-likeness (QED) is 0.757. The number of carbonyl (C=O) groups is 3. The number of para-hydroxylation sites is 1. The summed E-state index contributed by atoms with van der Waals surface area (Å²) in [5.74, 6) is -0.981. The van der Waals surface area contributed by atoms with E-state index in [9.17, 15) is 14.4 Å². The van der Waals surface area contributed by atoms with Gasteiger partial charge in [-0.2, -0.15) is 5.11 Å². The molecule has 10 heteroatoms. The Balaban J connectivity index is 1.51. The molecule has 148 valence electrons. The number of nitrogens with zero attached hydrogens (tertiary/aromatic N) is 4. The molecule has 0 aromatic heterocycles. The average Bonchev–Trinajstić information content (AvgIpc) is 3.22. The number of hydrogen-bond donors (Lipinski definition) is 1. The molecule has 4 rings (SSSR count). The number of amides is 3. The number of nitrogens with one attached hydrogen (secondary N) is 1. The standard InChI is InChI=1S/C19H16ClN5O4/c1-29-14-8-7-12(9-13(14)20)25-18(27)16-17(19(25)28)24(23-22-16)10-15(26)21-11-5-3-2-4-6-11/h2-9,16-17H,10H2,1H3,(H,21,26)/t16-,17-/m1/s1. The zero-order valence-electron chi connectivity index (χ0n) is 15.3. The summed E-state index contributed by atoms with van der Waals surface area (Å²) in [6.45, 7) is -0.213. The minimum atomic E-state index is -0.993. The van der Waals surface area contributed by atoms with Crippen LogP contribution in [0, 0.1) is 0 Å². The van der Waals surface area contributed by atoms with E-state index in [-0.39, 0.29) is 17.5 Å². The van der Waals surface area contributed by atoms with Crippen LogP contribution in [0.15, 0.2) is 58.9 Å². The summed E-state index contributed by atoms with van der Waals surface area (Å²) in [5.41, 5.74) is 0.928. The summed E-state index contributed by atoms with van der Waals surface area (Å²) in [4.78, 5) is 39.0. The van der Waals surface area contributed by atoms with Crippen molar-refractivity contribution in [1.29, 1.82) is 0 Å². The Morgan fingerprint density at radius 1 is 1.17 bits per heavy atom. The molecule has 1 N–H and O–H groups in total. The Morgan fingerprint density at radius 3 is 2.62 bits per heavy atom. The van der Waals surface area contributed by atoms with Gasteiger partial charge in [0.15, 0.2) is 12.1 Å². The van der Waals surface area contributed by atoms with Crippen LogP contribution < -0.4 is 15.0 Å².